The summed E-state index contributed by atoms with van der Waals surface area (Å²) in [7, 11) is -3.29. The first-order chi connectivity index (χ1) is 7.47. The monoisotopic (exact) mass is 236 g/mol. The van der Waals surface area contributed by atoms with Crippen LogP contribution in [0.3, 0.4) is 0 Å². The number of benzene rings is 1. The van der Waals surface area contributed by atoms with E-state index in [1.165, 1.54) is 6.20 Å². The van der Waals surface area contributed by atoms with Gasteiger partial charge in [0, 0.05) is 11.8 Å². The molecule has 0 N–H and O–H groups in total. The summed E-state index contributed by atoms with van der Waals surface area (Å²) >= 11 is 0. The minimum atomic E-state index is -3.29. The van der Waals surface area contributed by atoms with Crippen LogP contribution in [-0.4, -0.2) is 23.9 Å². The summed E-state index contributed by atoms with van der Waals surface area (Å²) in [5, 5.41) is 4.01. The van der Waals surface area contributed by atoms with Crippen molar-refractivity contribution >= 4 is 10.0 Å². The lowest BCUT2D eigenvalue weighted by Gasteiger charge is -1.98. The van der Waals surface area contributed by atoms with E-state index in [0.29, 0.717) is 5.69 Å². The molecule has 0 amide bonds. The summed E-state index contributed by atoms with van der Waals surface area (Å²) in [5.41, 5.74) is 2.73. The van der Waals surface area contributed by atoms with Gasteiger partial charge in [0.2, 0.25) is 0 Å². The third-order valence-electron chi connectivity index (χ3n) is 2.25. The topological polar surface area (TPSA) is 52.0 Å². The average Bonchev–Trinajstić information content (AvgIpc) is 2.67. The van der Waals surface area contributed by atoms with E-state index in [1.807, 2.05) is 31.2 Å². The molecule has 0 atom stereocenters. The molecule has 0 saturated carbocycles. The lowest BCUT2D eigenvalue weighted by atomic mass is 10.1. The van der Waals surface area contributed by atoms with Crippen molar-refractivity contribution in [3.63, 3.8) is 0 Å². The number of rotatable bonds is 2. The molecule has 0 saturated heterocycles. The lowest BCUT2D eigenvalue weighted by Crippen LogP contribution is -2.10. The van der Waals surface area contributed by atoms with E-state index in [4.69, 9.17) is 0 Å². The Morgan fingerprint density at radius 1 is 1.12 bits per heavy atom. The van der Waals surface area contributed by atoms with Gasteiger partial charge in [-0.1, -0.05) is 29.8 Å². The molecule has 0 bridgehead atoms. The van der Waals surface area contributed by atoms with Crippen LogP contribution in [0, 0.1) is 6.92 Å². The normalized spacial score (nSPS) is 11.6. The molecule has 84 valence electrons. The van der Waals surface area contributed by atoms with Gasteiger partial charge in [0.1, 0.15) is 0 Å². The fourth-order valence-corrected chi connectivity index (χ4v) is 1.89. The standard InChI is InChI=1S/C11H12N2O2S/c1-9-3-5-10(6-4-9)11-7-8-13(12-11)16(2,14)15/h3-8H,1-2H3. The molecule has 0 aliphatic rings. The molecule has 0 aliphatic carbocycles. The zero-order valence-electron chi connectivity index (χ0n) is 9.08. The summed E-state index contributed by atoms with van der Waals surface area (Å²) in [6.45, 7) is 2.00. The molecule has 4 nitrogen and oxygen atoms in total. The van der Waals surface area contributed by atoms with Crippen molar-refractivity contribution in [2.24, 2.45) is 0 Å². The second-order valence-electron chi connectivity index (χ2n) is 3.70. The third kappa shape index (κ3) is 2.14. The van der Waals surface area contributed by atoms with Gasteiger partial charge < -0.3 is 0 Å². The Labute approximate surface area is 94.6 Å². The van der Waals surface area contributed by atoms with Gasteiger partial charge in [0.25, 0.3) is 10.0 Å². The summed E-state index contributed by atoms with van der Waals surface area (Å²) in [5.74, 6) is 0. The number of nitrogens with zero attached hydrogens (tertiary/aromatic N) is 2. The molecular weight excluding hydrogens is 224 g/mol. The smallest absolute Gasteiger partial charge is 0.205 e. The van der Waals surface area contributed by atoms with Crippen molar-refractivity contribution < 1.29 is 8.42 Å². The Balaban J connectivity index is 2.43. The highest BCUT2D eigenvalue weighted by Crippen LogP contribution is 2.17. The van der Waals surface area contributed by atoms with Crippen molar-refractivity contribution in [1.82, 2.24) is 9.19 Å². The van der Waals surface area contributed by atoms with Crippen molar-refractivity contribution in [3.8, 4) is 11.3 Å². The second kappa shape index (κ2) is 3.75. The fraction of sp³-hybridized carbons (Fsp3) is 0.182. The molecule has 0 aliphatic heterocycles. The predicted octanol–water partition coefficient (Wildman–Crippen LogP) is 1.67. The average molecular weight is 236 g/mol. The maximum absolute atomic E-state index is 11.2. The Hall–Kier alpha value is -1.62. The van der Waals surface area contributed by atoms with Crippen LogP contribution >= 0.6 is 0 Å². The highest BCUT2D eigenvalue weighted by atomic mass is 32.2. The molecule has 0 radical (unpaired) electrons. The van der Waals surface area contributed by atoms with Gasteiger partial charge in [-0.05, 0) is 13.0 Å². The quantitative estimate of drug-likeness (QED) is 0.797. The minimum Gasteiger partial charge on any atom is -0.205 e. The van der Waals surface area contributed by atoms with Crippen LogP contribution in [0.2, 0.25) is 0 Å². The highest BCUT2D eigenvalue weighted by Gasteiger charge is 2.08. The maximum Gasteiger partial charge on any atom is 0.250 e. The van der Waals surface area contributed by atoms with Gasteiger partial charge in [0.15, 0.2) is 0 Å². The van der Waals surface area contributed by atoms with E-state index in [1.54, 1.807) is 6.07 Å². The molecule has 2 rings (SSSR count). The molecule has 0 unspecified atom stereocenters. The zero-order valence-corrected chi connectivity index (χ0v) is 9.90. The van der Waals surface area contributed by atoms with Crippen molar-refractivity contribution in [2.45, 2.75) is 6.92 Å². The van der Waals surface area contributed by atoms with E-state index in [2.05, 4.69) is 5.10 Å². The maximum atomic E-state index is 11.2. The summed E-state index contributed by atoms with van der Waals surface area (Å²) in [6, 6.07) is 9.46. The van der Waals surface area contributed by atoms with Gasteiger partial charge in [-0.15, -0.1) is 0 Å². The van der Waals surface area contributed by atoms with E-state index < -0.39 is 10.0 Å². The first-order valence-corrected chi connectivity index (χ1v) is 6.65. The van der Waals surface area contributed by atoms with Gasteiger partial charge in [0.05, 0.1) is 11.9 Å². The van der Waals surface area contributed by atoms with Crippen LogP contribution in [0.5, 0.6) is 0 Å². The molecule has 1 aromatic carbocycles. The van der Waals surface area contributed by atoms with Gasteiger partial charge in [-0.25, -0.2) is 8.42 Å². The summed E-state index contributed by atoms with van der Waals surface area (Å²) in [6.07, 6.45) is 2.57. The molecule has 0 spiro atoms. The van der Waals surface area contributed by atoms with Crippen molar-refractivity contribution in [1.29, 1.82) is 0 Å². The Morgan fingerprint density at radius 3 is 2.25 bits per heavy atom. The van der Waals surface area contributed by atoms with Crippen LogP contribution < -0.4 is 0 Å². The molecule has 1 heterocycles. The lowest BCUT2D eigenvalue weighted by molar-refractivity contribution is 0.586. The third-order valence-corrected chi connectivity index (χ3v) is 3.14. The second-order valence-corrected chi connectivity index (χ2v) is 5.54. The molecule has 16 heavy (non-hydrogen) atoms. The van der Waals surface area contributed by atoms with Crippen LogP contribution in [-0.2, 0) is 10.0 Å². The number of aryl methyl sites for hydroxylation is 1. The minimum absolute atomic E-state index is 0.658. The molecule has 1 aromatic heterocycles. The van der Waals surface area contributed by atoms with E-state index in [9.17, 15) is 8.42 Å². The highest BCUT2D eigenvalue weighted by molar-refractivity contribution is 7.89. The van der Waals surface area contributed by atoms with Crippen LogP contribution in [0.4, 0.5) is 0 Å². The fourth-order valence-electron chi connectivity index (χ4n) is 1.37. The predicted molar refractivity (Wildman–Crippen MR) is 62.6 cm³/mol. The Bertz CT molecular complexity index is 597. The largest absolute Gasteiger partial charge is 0.250 e. The Morgan fingerprint density at radius 2 is 1.75 bits per heavy atom. The Kier molecular flexibility index (Phi) is 2.55. The van der Waals surface area contributed by atoms with E-state index >= 15 is 0 Å². The van der Waals surface area contributed by atoms with E-state index in [0.717, 1.165) is 21.5 Å². The first kappa shape index (κ1) is 10.9. The number of hydrogen-bond acceptors (Lipinski definition) is 3. The van der Waals surface area contributed by atoms with Crippen LogP contribution in [0.15, 0.2) is 36.5 Å². The molecule has 0 fully saturated rings. The zero-order chi connectivity index (χ0) is 11.8. The van der Waals surface area contributed by atoms with Crippen LogP contribution in [0.1, 0.15) is 5.56 Å². The first-order valence-electron chi connectivity index (χ1n) is 4.80. The molecule has 5 heteroatoms. The SMILES string of the molecule is Cc1ccc(-c2ccn(S(C)(=O)=O)n2)cc1. The summed E-state index contributed by atoms with van der Waals surface area (Å²) < 4.78 is 23.4. The van der Waals surface area contributed by atoms with Gasteiger partial charge in [-0.2, -0.15) is 9.19 Å². The van der Waals surface area contributed by atoms with Gasteiger partial charge in [-0.3, -0.25) is 0 Å². The van der Waals surface area contributed by atoms with Crippen molar-refractivity contribution in [2.75, 3.05) is 6.26 Å². The van der Waals surface area contributed by atoms with E-state index in [-0.39, 0.29) is 0 Å². The van der Waals surface area contributed by atoms with Crippen LogP contribution in [0.25, 0.3) is 11.3 Å². The number of hydrogen-bond donors (Lipinski definition) is 0. The summed E-state index contributed by atoms with van der Waals surface area (Å²) in [4.78, 5) is 0. The van der Waals surface area contributed by atoms with Gasteiger partial charge >= 0.3 is 0 Å². The van der Waals surface area contributed by atoms with Crippen molar-refractivity contribution in [3.05, 3.63) is 42.1 Å². The number of aromatic nitrogens is 2. The molecule has 2 aromatic rings. The molecular formula is C11H12N2O2S.